The lowest BCUT2D eigenvalue weighted by Gasteiger charge is -2.44. The number of anilines is 1. The molecule has 0 radical (unpaired) electrons. The largest absolute Gasteiger partial charge is 0.508 e. The van der Waals surface area contributed by atoms with Gasteiger partial charge in [-0.05, 0) is 74.4 Å². The van der Waals surface area contributed by atoms with Crippen LogP contribution in [0.5, 0.6) is 5.75 Å². The maximum absolute atomic E-state index is 14.0. The second-order valence-corrected chi connectivity index (χ2v) is 12.6. The Morgan fingerprint density at radius 2 is 1.61 bits per heavy atom. The minimum Gasteiger partial charge on any atom is -0.508 e. The van der Waals surface area contributed by atoms with Gasteiger partial charge in [-0.1, -0.05) is 35.9 Å². The molecule has 234 valence electrons. The first-order valence-corrected chi connectivity index (χ1v) is 15.3. The molecule has 9 nitrogen and oxygen atoms in total. The number of rotatable bonds is 10. The number of phenolic OH excluding ortho intramolecular Hbond substituents is 1. The van der Waals surface area contributed by atoms with Crippen molar-refractivity contribution < 1.29 is 28.7 Å². The Kier molecular flexibility index (Phi) is 10.9. The smallest absolute Gasteiger partial charge is 0.338 e. The van der Waals surface area contributed by atoms with Crippen LogP contribution in [0, 0.1) is 0 Å². The number of hydrogen-bond donors (Lipinski definition) is 3. The number of likely N-dealkylation sites (tertiary alicyclic amines) is 1. The summed E-state index contributed by atoms with van der Waals surface area (Å²) in [6, 6.07) is 19.7. The molecule has 0 bridgehead atoms. The second kappa shape index (κ2) is 14.6. The van der Waals surface area contributed by atoms with Crippen LogP contribution in [0.2, 0.25) is 5.02 Å². The van der Waals surface area contributed by atoms with Gasteiger partial charge in [0.25, 0.3) is 0 Å². The lowest BCUT2D eigenvalue weighted by atomic mass is 9.99. The summed E-state index contributed by atoms with van der Waals surface area (Å²) in [6.07, 6.45) is 1.87. The first kappa shape index (κ1) is 32.8. The number of benzene rings is 3. The van der Waals surface area contributed by atoms with Crippen molar-refractivity contribution in [3.05, 3.63) is 94.5 Å². The number of hydrogen-bond acceptors (Lipinski definition) is 5. The van der Waals surface area contributed by atoms with Gasteiger partial charge in [0.1, 0.15) is 24.4 Å². The number of carbonyl (C=O) groups is 3. The van der Waals surface area contributed by atoms with Gasteiger partial charge in [0.15, 0.2) is 0 Å². The van der Waals surface area contributed by atoms with Gasteiger partial charge in [0.2, 0.25) is 5.91 Å². The number of nitrogens with zero attached hydrogens (tertiary/aromatic N) is 2. The number of quaternary nitrogens is 1. The number of aromatic hydroxyl groups is 1. The summed E-state index contributed by atoms with van der Waals surface area (Å²) < 4.78 is 5.93. The molecule has 4 rings (SSSR count). The SMILES string of the molecule is CC(C)OC(=O)c1ccc(NC(=O)N[C@@H](Cc2ccc(O)cc2)C(=O)N2CCC[C@H]([N+](C)(C)Cc3ccc(Cl)cc3)C2)cc1. The van der Waals surface area contributed by atoms with Crippen LogP contribution in [0.3, 0.4) is 0 Å². The van der Waals surface area contributed by atoms with Gasteiger partial charge in [-0.25, -0.2) is 9.59 Å². The van der Waals surface area contributed by atoms with E-state index in [1.54, 1.807) is 62.4 Å². The van der Waals surface area contributed by atoms with E-state index in [1.165, 1.54) is 5.56 Å². The van der Waals surface area contributed by atoms with Crippen molar-refractivity contribution in [3.63, 3.8) is 0 Å². The molecular formula is C34H42ClN4O5+. The number of amides is 3. The third kappa shape index (κ3) is 9.21. The lowest BCUT2D eigenvalue weighted by molar-refractivity contribution is -0.928. The topological polar surface area (TPSA) is 108 Å². The molecule has 0 aromatic heterocycles. The van der Waals surface area contributed by atoms with Gasteiger partial charge in [0, 0.05) is 35.7 Å². The van der Waals surface area contributed by atoms with E-state index in [0.29, 0.717) is 33.8 Å². The zero-order chi connectivity index (χ0) is 31.9. The fraction of sp³-hybridized carbons (Fsp3) is 0.382. The summed E-state index contributed by atoms with van der Waals surface area (Å²) in [6.45, 7) is 5.54. The fourth-order valence-corrected chi connectivity index (χ4v) is 5.63. The molecular weight excluding hydrogens is 580 g/mol. The predicted octanol–water partition coefficient (Wildman–Crippen LogP) is 5.61. The molecule has 2 atom stereocenters. The Morgan fingerprint density at radius 3 is 2.25 bits per heavy atom. The molecule has 0 unspecified atom stereocenters. The Labute approximate surface area is 264 Å². The van der Waals surface area contributed by atoms with E-state index in [0.717, 1.165) is 24.9 Å². The first-order chi connectivity index (χ1) is 20.9. The van der Waals surface area contributed by atoms with E-state index >= 15 is 0 Å². The second-order valence-electron chi connectivity index (χ2n) is 12.2. The summed E-state index contributed by atoms with van der Waals surface area (Å²) in [7, 11) is 4.36. The Balaban J connectivity index is 1.45. The number of halogens is 1. The molecule has 1 fully saturated rings. The molecule has 3 N–H and O–H groups in total. The average Bonchev–Trinajstić information content (AvgIpc) is 2.98. The molecule has 0 saturated carbocycles. The van der Waals surface area contributed by atoms with Gasteiger partial charge in [-0.15, -0.1) is 0 Å². The summed E-state index contributed by atoms with van der Waals surface area (Å²) in [5, 5.41) is 16.1. The highest BCUT2D eigenvalue weighted by atomic mass is 35.5. The van der Waals surface area contributed by atoms with Crippen molar-refractivity contribution in [2.45, 2.75) is 57.8 Å². The van der Waals surface area contributed by atoms with Crippen LogP contribution >= 0.6 is 11.6 Å². The van der Waals surface area contributed by atoms with E-state index in [1.807, 2.05) is 29.2 Å². The molecule has 1 heterocycles. The zero-order valence-corrected chi connectivity index (χ0v) is 26.5. The van der Waals surface area contributed by atoms with E-state index in [9.17, 15) is 19.5 Å². The molecule has 3 aromatic carbocycles. The molecule has 3 amide bonds. The number of likely N-dealkylation sites (N-methyl/N-ethyl adjacent to an activating group) is 1. The van der Waals surface area contributed by atoms with Crippen molar-refractivity contribution in [1.29, 1.82) is 0 Å². The van der Waals surface area contributed by atoms with Crippen LogP contribution in [0.4, 0.5) is 10.5 Å². The fourth-order valence-electron chi connectivity index (χ4n) is 5.50. The average molecular weight is 622 g/mol. The van der Waals surface area contributed by atoms with Gasteiger partial charge in [0.05, 0.1) is 32.3 Å². The van der Waals surface area contributed by atoms with Crippen LogP contribution < -0.4 is 10.6 Å². The maximum atomic E-state index is 14.0. The van der Waals surface area contributed by atoms with Gasteiger partial charge < -0.3 is 29.9 Å². The Hall–Kier alpha value is -4.08. The van der Waals surface area contributed by atoms with Gasteiger partial charge in [-0.2, -0.15) is 0 Å². The minimum absolute atomic E-state index is 0.127. The number of urea groups is 1. The highest BCUT2D eigenvalue weighted by molar-refractivity contribution is 6.30. The Morgan fingerprint density at radius 1 is 0.977 bits per heavy atom. The summed E-state index contributed by atoms with van der Waals surface area (Å²) >= 11 is 6.08. The van der Waals surface area contributed by atoms with Crippen LogP contribution in [0.25, 0.3) is 0 Å². The molecule has 0 spiro atoms. The van der Waals surface area contributed by atoms with Gasteiger partial charge in [-0.3, -0.25) is 4.79 Å². The molecule has 1 aliphatic rings. The summed E-state index contributed by atoms with van der Waals surface area (Å²) in [4.78, 5) is 41.1. The third-order valence-electron chi connectivity index (χ3n) is 7.90. The zero-order valence-electron chi connectivity index (χ0n) is 25.8. The van der Waals surface area contributed by atoms with Crippen LogP contribution in [-0.2, 0) is 22.5 Å². The number of ether oxygens (including phenoxy) is 1. The third-order valence-corrected chi connectivity index (χ3v) is 8.15. The van der Waals surface area contributed by atoms with Gasteiger partial charge >= 0.3 is 12.0 Å². The van der Waals surface area contributed by atoms with Crippen molar-refractivity contribution >= 4 is 35.2 Å². The molecule has 10 heteroatoms. The Bertz CT molecular complexity index is 1430. The molecule has 0 aliphatic carbocycles. The lowest BCUT2D eigenvalue weighted by Crippen LogP contribution is -2.59. The number of carbonyl (C=O) groups excluding carboxylic acids is 3. The van der Waals surface area contributed by atoms with Crippen molar-refractivity contribution in [3.8, 4) is 5.75 Å². The highest BCUT2D eigenvalue weighted by Crippen LogP contribution is 2.24. The minimum atomic E-state index is -0.828. The van der Waals surface area contributed by atoms with E-state index in [2.05, 4.69) is 24.7 Å². The van der Waals surface area contributed by atoms with Crippen LogP contribution in [0.15, 0.2) is 72.8 Å². The normalized spacial score (nSPS) is 15.9. The molecule has 3 aromatic rings. The predicted molar refractivity (Wildman–Crippen MR) is 172 cm³/mol. The van der Waals surface area contributed by atoms with Crippen molar-refractivity contribution in [2.75, 3.05) is 32.5 Å². The molecule has 44 heavy (non-hydrogen) atoms. The van der Waals surface area contributed by atoms with Crippen molar-refractivity contribution in [2.24, 2.45) is 0 Å². The number of esters is 1. The quantitative estimate of drug-likeness (QED) is 0.201. The van der Waals surface area contributed by atoms with E-state index < -0.39 is 18.0 Å². The number of nitrogens with one attached hydrogen (secondary N) is 2. The molecule has 1 aliphatic heterocycles. The summed E-state index contributed by atoms with van der Waals surface area (Å²) in [5.74, 6) is -0.468. The number of phenols is 1. The van der Waals surface area contributed by atoms with Crippen LogP contribution in [0.1, 0.15) is 48.2 Å². The van der Waals surface area contributed by atoms with E-state index in [4.69, 9.17) is 16.3 Å². The summed E-state index contributed by atoms with van der Waals surface area (Å²) in [5.41, 5.74) is 2.83. The van der Waals surface area contributed by atoms with Crippen LogP contribution in [-0.4, -0.2) is 77.8 Å². The monoisotopic (exact) mass is 621 g/mol. The maximum Gasteiger partial charge on any atom is 0.338 e. The molecule has 1 saturated heterocycles. The number of piperidine rings is 1. The first-order valence-electron chi connectivity index (χ1n) is 14.9. The standard InChI is InChI=1S/C34H41ClN4O5/c1-23(2)44-33(42)26-11-15-28(16-12-26)36-34(43)37-31(20-24-9-17-30(40)18-10-24)32(41)38-19-5-6-29(21-38)39(3,4)22-25-7-13-27(35)14-8-25/h7-18,23,29,31H,5-6,19-22H2,1-4H3,(H2-,36,37,40,42,43)/p+1/t29-,31-/m0/s1. The van der Waals surface area contributed by atoms with Crippen molar-refractivity contribution in [1.82, 2.24) is 10.2 Å². The van der Waals surface area contributed by atoms with E-state index in [-0.39, 0.29) is 30.2 Å². The highest BCUT2D eigenvalue weighted by Gasteiger charge is 2.37.